The van der Waals surface area contributed by atoms with Crippen molar-refractivity contribution in [2.24, 2.45) is 0 Å². The summed E-state index contributed by atoms with van der Waals surface area (Å²) in [7, 11) is 1.35. The van der Waals surface area contributed by atoms with Gasteiger partial charge in [-0.15, -0.1) is 0 Å². The number of nitrogens with zero attached hydrogens (tertiary/aromatic N) is 3. The van der Waals surface area contributed by atoms with E-state index < -0.39 is 5.97 Å². The molecule has 1 aliphatic rings. The van der Waals surface area contributed by atoms with Gasteiger partial charge in [-0.1, -0.05) is 0 Å². The number of hydrogen-bond acceptors (Lipinski definition) is 5. The first-order chi connectivity index (χ1) is 8.63. The van der Waals surface area contributed by atoms with Gasteiger partial charge in [0.1, 0.15) is 5.82 Å². The molecule has 2 rings (SSSR count). The minimum atomic E-state index is -0.443. The van der Waals surface area contributed by atoms with Crippen LogP contribution in [0.3, 0.4) is 0 Å². The van der Waals surface area contributed by atoms with Gasteiger partial charge in [0.15, 0.2) is 5.69 Å². The molecule has 2 heterocycles. The Balaban J connectivity index is 2.29. The molecule has 1 saturated heterocycles. The Labute approximate surface area is 107 Å². The van der Waals surface area contributed by atoms with Crippen LogP contribution in [0.2, 0.25) is 0 Å². The molecule has 1 fully saturated rings. The zero-order valence-electron chi connectivity index (χ0n) is 11.1. The molecule has 1 aromatic rings. The molecule has 0 aromatic carbocycles. The van der Waals surface area contributed by atoms with Gasteiger partial charge in [0.25, 0.3) is 0 Å². The molecule has 0 bridgehead atoms. The second-order valence-corrected chi connectivity index (χ2v) is 4.79. The summed E-state index contributed by atoms with van der Waals surface area (Å²) in [6, 6.07) is 0.854. The Bertz CT molecular complexity index is 426. The predicted octanol–water partition coefficient (Wildman–Crippen LogP) is 2.03. The second kappa shape index (κ2) is 5.33. The number of carbonyl (C=O) groups excluding carboxylic acids is 1. The van der Waals surface area contributed by atoms with Crippen LogP contribution in [0.1, 0.15) is 43.6 Å². The van der Waals surface area contributed by atoms with Gasteiger partial charge in [-0.25, -0.2) is 9.78 Å². The molecule has 0 spiro atoms. The summed E-state index contributed by atoms with van der Waals surface area (Å²) in [6.45, 7) is 4.37. The Kier molecular flexibility index (Phi) is 3.79. The van der Waals surface area contributed by atoms with Gasteiger partial charge < -0.3 is 9.64 Å². The third kappa shape index (κ3) is 2.44. The minimum absolute atomic E-state index is 0.264. The van der Waals surface area contributed by atoms with Crippen molar-refractivity contribution in [2.45, 2.75) is 45.2 Å². The third-order valence-electron chi connectivity index (χ3n) is 3.47. The number of methoxy groups -OCH3 is 1. The van der Waals surface area contributed by atoms with E-state index in [9.17, 15) is 4.79 Å². The molecule has 98 valence electrons. The third-order valence-corrected chi connectivity index (χ3v) is 3.47. The van der Waals surface area contributed by atoms with E-state index in [-0.39, 0.29) is 5.69 Å². The lowest BCUT2D eigenvalue weighted by Crippen LogP contribution is -2.44. The maximum atomic E-state index is 11.5. The van der Waals surface area contributed by atoms with Crippen molar-refractivity contribution in [1.82, 2.24) is 9.97 Å². The lowest BCUT2D eigenvalue weighted by Gasteiger charge is -2.39. The summed E-state index contributed by atoms with van der Waals surface area (Å²) in [5.41, 5.74) is 0.264. The highest BCUT2D eigenvalue weighted by Crippen LogP contribution is 2.27. The molecular formula is C13H19N3O2. The van der Waals surface area contributed by atoms with Crippen LogP contribution in [0.25, 0.3) is 0 Å². The molecular weight excluding hydrogens is 230 g/mol. The highest BCUT2D eigenvalue weighted by Gasteiger charge is 2.26. The van der Waals surface area contributed by atoms with Gasteiger partial charge in [0.05, 0.1) is 19.5 Å². The summed E-state index contributed by atoms with van der Waals surface area (Å²) >= 11 is 0. The Hall–Kier alpha value is -1.65. The van der Waals surface area contributed by atoms with Crippen LogP contribution in [-0.4, -0.2) is 35.1 Å². The quantitative estimate of drug-likeness (QED) is 0.751. The molecule has 0 N–H and O–H groups in total. The summed E-state index contributed by atoms with van der Waals surface area (Å²) in [5.74, 6) is 0.319. The van der Waals surface area contributed by atoms with E-state index in [4.69, 9.17) is 0 Å². The highest BCUT2D eigenvalue weighted by atomic mass is 16.5. The Morgan fingerprint density at radius 3 is 2.61 bits per heavy atom. The molecule has 0 saturated carbocycles. The van der Waals surface area contributed by atoms with Gasteiger partial charge in [-0.2, -0.15) is 0 Å². The van der Waals surface area contributed by atoms with Crippen LogP contribution in [0.15, 0.2) is 12.4 Å². The van der Waals surface area contributed by atoms with E-state index in [0.717, 1.165) is 18.7 Å². The van der Waals surface area contributed by atoms with E-state index in [1.165, 1.54) is 19.7 Å². The molecule has 1 aliphatic heterocycles. The molecule has 0 radical (unpaired) electrons. The fraction of sp³-hybridized carbons (Fsp3) is 0.615. The SMILES string of the molecule is COC(=O)c1cncc(N2C(C)CCCC2C)n1. The zero-order chi connectivity index (χ0) is 13.1. The second-order valence-electron chi connectivity index (χ2n) is 4.79. The van der Waals surface area contributed by atoms with Crippen molar-refractivity contribution >= 4 is 11.8 Å². The summed E-state index contributed by atoms with van der Waals surface area (Å²) in [6.07, 6.45) is 6.69. The van der Waals surface area contributed by atoms with Crippen molar-refractivity contribution < 1.29 is 9.53 Å². The zero-order valence-corrected chi connectivity index (χ0v) is 11.1. The fourth-order valence-corrected chi connectivity index (χ4v) is 2.56. The number of piperidine rings is 1. The Morgan fingerprint density at radius 2 is 2.00 bits per heavy atom. The topological polar surface area (TPSA) is 55.3 Å². The number of aromatic nitrogens is 2. The molecule has 1 aromatic heterocycles. The molecule has 5 heteroatoms. The minimum Gasteiger partial charge on any atom is -0.464 e. The van der Waals surface area contributed by atoms with Crippen LogP contribution in [0, 0.1) is 0 Å². The van der Waals surface area contributed by atoms with Crippen LogP contribution in [-0.2, 0) is 4.74 Å². The number of esters is 1. The first-order valence-corrected chi connectivity index (χ1v) is 6.32. The van der Waals surface area contributed by atoms with Crippen LogP contribution < -0.4 is 4.90 Å². The normalized spacial score (nSPS) is 23.8. The number of rotatable bonds is 2. The monoisotopic (exact) mass is 249 g/mol. The van der Waals surface area contributed by atoms with Crippen LogP contribution in [0.4, 0.5) is 5.82 Å². The van der Waals surface area contributed by atoms with E-state index in [0.29, 0.717) is 12.1 Å². The van der Waals surface area contributed by atoms with Gasteiger partial charge >= 0.3 is 5.97 Å². The molecule has 0 aliphatic carbocycles. The fourth-order valence-electron chi connectivity index (χ4n) is 2.56. The average molecular weight is 249 g/mol. The van der Waals surface area contributed by atoms with Gasteiger partial charge in [-0.3, -0.25) is 4.98 Å². The summed E-state index contributed by atoms with van der Waals surface area (Å²) < 4.78 is 4.67. The largest absolute Gasteiger partial charge is 0.464 e. The molecule has 2 unspecified atom stereocenters. The van der Waals surface area contributed by atoms with Crippen molar-refractivity contribution in [3.63, 3.8) is 0 Å². The Morgan fingerprint density at radius 1 is 1.33 bits per heavy atom. The van der Waals surface area contributed by atoms with Crippen molar-refractivity contribution in [1.29, 1.82) is 0 Å². The maximum Gasteiger partial charge on any atom is 0.358 e. The van der Waals surface area contributed by atoms with Gasteiger partial charge in [0, 0.05) is 12.1 Å². The first-order valence-electron chi connectivity index (χ1n) is 6.32. The van der Waals surface area contributed by atoms with Crippen LogP contribution >= 0.6 is 0 Å². The number of carbonyl (C=O) groups is 1. The molecule has 0 amide bonds. The summed E-state index contributed by atoms with van der Waals surface area (Å²) in [4.78, 5) is 22.2. The van der Waals surface area contributed by atoms with Gasteiger partial charge in [-0.05, 0) is 33.1 Å². The van der Waals surface area contributed by atoms with E-state index in [2.05, 4.69) is 33.5 Å². The van der Waals surface area contributed by atoms with Crippen molar-refractivity contribution in [3.8, 4) is 0 Å². The highest BCUT2D eigenvalue weighted by molar-refractivity contribution is 5.87. The van der Waals surface area contributed by atoms with E-state index in [1.807, 2.05) is 0 Å². The van der Waals surface area contributed by atoms with Crippen molar-refractivity contribution in [3.05, 3.63) is 18.1 Å². The molecule has 2 atom stereocenters. The first kappa shape index (κ1) is 12.8. The summed E-state index contributed by atoms with van der Waals surface area (Å²) in [5, 5.41) is 0. The predicted molar refractivity (Wildman–Crippen MR) is 68.6 cm³/mol. The van der Waals surface area contributed by atoms with Crippen LogP contribution in [0.5, 0.6) is 0 Å². The smallest absolute Gasteiger partial charge is 0.358 e. The standard InChI is InChI=1S/C13H19N3O2/c1-9-5-4-6-10(2)16(9)12-8-14-7-11(15-12)13(17)18-3/h7-10H,4-6H2,1-3H3. The average Bonchev–Trinajstić information content (AvgIpc) is 2.38. The maximum absolute atomic E-state index is 11.5. The van der Waals surface area contributed by atoms with Gasteiger partial charge in [0.2, 0.25) is 0 Å². The lowest BCUT2D eigenvalue weighted by molar-refractivity contribution is 0.0593. The van der Waals surface area contributed by atoms with E-state index in [1.54, 1.807) is 6.20 Å². The molecule has 18 heavy (non-hydrogen) atoms. The number of hydrogen-bond donors (Lipinski definition) is 0. The van der Waals surface area contributed by atoms with E-state index >= 15 is 0 Å². The lowest BCUT2D eigenvalue weighted by atomic mass is 9.98. The number of ether oxygens (including phenoxy) is 1. The molecule has 5 nitrogen and oxygen atoms in total. The van der Waals surface area contributed by atoms with Crippen molar-refractivity contribution in [2.75, 3.05) is 12.0 Å². The number of anilines is 1.